The normalized spacial score (nSPS) is 9.88. The Kier molecular flexibility index (Phi) is 4.53. The van der Waals surface area contributed by atoms with Gasteiger partial charge in [-0.25, -0.2) is 0 Å². The summed E-state index contributed by atoms with van der Waals surface area (Å²) in [4.78, 5) is 10.1. The van der Waals surface area contributed by atoms with E-state index < -0.39 is 4.92 Å². The highest BCUT2D eigenvalue weighted by Gasteiger charge is 2.10. The number of anilines is 1. The van der Waals surface area contributed by atoms with E-state index in [1.54, 1.807) is 13.2 Å². The highest BCUT2D eigenvalue weighted by molar-refractivity contribution is 5.60. The second-order valence-corrected chi connectivity index (χ2v) is 3.06. The van der Waals surface area contributed by atoms with Crippen molar-refractivity contribution in [1.82, 2.24) is 0 Å². The molecule has 6 heteroatoms. The van der Waals surface area contributed by atoms with Crippen LogP contribution in [0.1, 0.15) is 0 Å². The third kappa shape index (κ3) is 3.09. The summed E-state index contributed by atoms with van der Waals surface area (Å²) in [5, 5.41) is 13.6. The van der Waals surface area contributed by atoms with Crippen molar-refractivity contribution in [3.8, 4) is 5.75 Å². The monoisotopic (exact) mass is 226 g/mol. The van der Waals surface area contributed by atoms with Crippen molar-refractivity contribution in [1.29, 1.82) is 0 Å². The van der Waals surface area contributed by atoms with Crippen molar-refractivity contribution in [2.24, 2.45) is 0 Å². The van der Waals surface area contributed by atoms with Gasteiger partial charge in [-0.3, -0.25) is 10.1 Å². The van der Waals surface area contributed by atoms with Gasteiger partial charge in [0.15, 0.2) is 0 Å². The molecule has 0 amide bonds. The number of nitro groups is 1. The van der Waals surface area contributed by atoms with Gasteiger partial charge in [0.25, 0.3) is 5.69 Å². The Balaban J connectivity index is 2.80. The second-order valence-electron chi connectivity index (χ2n) is 3.06. The van der Waals surface area contributed by atoms with Crippen LogP contribution in [0.4, 0.5) is 11.4 Å². The number of methoxy groups -OCH3 is 2. The average Bonchev–Trinajstić information content (AvgIpc) is 2.29. The summed E-state index contributed by atoms with van der Waals surface area (Å²) in [6.45, 7) is 1.17. The first-order valence-corrected chi connectivity index (χ1v) is 4.74. The molecule has 6 nitrogen and oxygen atoms in total. The maximum atomic E-state index is 10.6. The molecule has 1 N–H and O–H groups in total. The summed E-state index contributed by atoms with van der Waals surface area (Å²) in [7, 11) is 3.08. The molecule has 0 aliphatic rings. The van der Waals surface area contributed by atoms with Crippen molar-refractivity contribution in [3.05, 3.63) is 28.3 Å². The maximum absolute atomic E-state index is 10.6. The van der Waals surface area contributed by atoms with Crippen LogP contribution in [0.25, 0.3) is 0 Å². The van der Waals surface area contributed by atoms with E-state index in [2.05, 4.69) is 5.32 Å². The van der Waals surface area contributed by atoms with E-state index in [0.29, 0.717) is 24.6 Å². The first kappa shape index (κ1) is 12.3. The fraction of sp³-hybridized carbons (Fsp3) is 0.400. The number of benzene rings is 1. The molecule has 0 fully saturated rings. The van der Waals surface area contributed by atoms with Gasteiger partial charge in [0.2, 0.25) is 0 Å². The van der Waals surface area contributed by atoms with Crippen LogP contribution < -0.4 is 10.1 Å². The summed E-state index contributed by atoms with van der Waals surface area (Å²) >= 11 is 0. The predicted octanol–water partition coefficient (Wildman–Crippen LogP) is 1.66. The zero-order valence-electron chi connectivity index (χ0n) is 9.23. The average molecular weight is 226 g/mol. The molecule has 0 bridgehead atoms. The zero-order valence-corrected chi connectivity index (χ0v) is 9.23. The number of hydrogen-bond acceptors (Lipinski definition) is 5. The molecule has 0 saturated heterocycles. The molecule has 0 radical (unpaired) electrons. The lowest BCUT2D eigenvalue weighted by atomic mass is 10.2. The van der Waals surface area contributed by atoms with Crippen molar-refractivity contribution in [2.45, 2.75) is 0 Å². The standard InChI is InChI=1S/C10H14N2O4/c1-15-6-5-11-9-4-3-8(12(13)14)7-10(9)16-2/h3-4,7,11H,5-6H2,1-2H3. The molecular weight excluding hydrogens is 212 g/mol. The number of non-ortho nitro benzene ring substituents is 1. The van der Waals surface area contributed by atoms with E-state index in [1.807, 2.05) is 0 Å². The topological polar surface area (TPSA) is 73.6 Å². The van der Waals surface area contributed by atoms with Gasteiger partial charge in [-0.15, -0.1) is 0 Å². The molecular formula is C10H14N2O4. The van der Waals surface area contributed by atoms with Crippen molar-refractivity contribution >= 4 is 11.4 Å². The minimum atomic E-state index is -0.457. The smallest absolute Gasteiger partial charge is 0.273 e. The molecule has 0 aromatic heterocycles. The lowest BCUT2D eigenvalue weighted by Gasteiger charge is -2.10. The van der Waals surface area contributed by atoms with E-state index in [9.17, 15) is 10.1 Å². The van der Waals surface area contributed by atoms with Crippen LogP contribution in [0.15, 0.2) is 18.2 Å². The van der Waals surface area contributed by atoms with E-state index in [4.69, 9.17) is 9.47 Å². The Labute approximate surface area is 93.3 Å². The number of nitrogens with zero attached hydrogens (tertiary/aromatic N) is 1. The van der Waals surface area contributed by atoms with Crippen LogP contribution in [0, 0.1) is 10.1 Å². The third-order valence-corrected chi connectivity index (χ3v) is 2.02. The third-order valence-electron chi connectivity index (χ3n) is 2.02. The first-order valence-electron chi connectivity index (χ1n) is 4.74. The molecule has 1 aromatic carbocycles. The fourth-order valence-corrected chi connectivity index (χ4v) is 1.23. The van der Waals surface area contributed by atoms with Gasteiger partial charge < -0.3 is 14.8 Å². The largest absolute Gasteiger partial charge is 0.494 e. The number of hydrogen-bond donors (Lipinski definition) is 1. The summed E-state index contributed by atoms with van der Waals surface area (Å²) in [6, 6.07) is 4.43. The second kappa shape index (κ2) is 5.92. The number of rotatable bonds is 6. The zero-order chi connectivity index (χ0) is 12.0. The van der Waals surface area contributed by atoms with Gasteiger partial charge in [0, 0.05) is 19.7 Å². The lowest BCUT2D eigenvalue weighted by molar-refractivity contribution is -0.384. The predicted molar refractivity (Wildman–Crippen MR) is 60.0 cm³/mol. The van der Waals surface area contributed by atoms with E-state index in [-0.39, 0.29) is 5.69 Å². The van der Waals surface area contributed by atoms with Gasteiger partial charge in [-0.2, -0.15) is 0 Å². The molecule has 88 valence electrons. The van der Waals surface area contributed by atoms with Crippen LogP contribution in [0.3, 0.4) is 0 Å². The Morgan fingerprint density at radius 1 is 1.44 bits per heavy atom. The Hall–Kier alpha value is -1.82. The Morgan fingerprint density at radius 3 is 2.75 bits per heavy atom. The van der Waals surface area contributed by atoms with E-state index in [1.165, 1.54) is 19.2 Å². The summed E-state index contributed by atoms with van der Waals surface area (Å²) in [5.74, 6) is 0.449. The van der Waals surface area contributed by atoms with Crippen molar-refractivity contribution in [3.63, 3.8) is 0 Å². The molecule has 1 rings (SSSR count). The summed E-state index contributed by atoms with van der Waals surface area (Å²) in [5.41, 5.74) is 0.722. The van der Waals surface area contributed by atoms with Crippen molar-refractivity contribution in [2.75, 3.05) is 32.7 Å². The molecule has 1 aromatic rings. The Bertz CT molecular complexity index is 368. The highest BCUT2D eigenvalue weighted by atomic mass is 16.6. The minimum absolute atomic E-state index is 0.00846. The SMILES string of the molecule is COCCNc1ccc([N+](=O)[O-])cc1OC. The lowest BCUT2D eigenvalue weighted by Crippen LogP contribution is -2.08. The minimum Gasteiger partial charge on any atom is -0.494 e. The molecule has 0 spiro atoms. The van der Waals surface area contributed by atoms with Gasteiger partial charge >= 0.3 is 0 Å². The first-order chi connectivity index (χ1) is 7.69. The fourth-order valence-electron chi connectivity index (χ4n) is 1.23. The van der Waals surface area contributed by atoms with Gasteiger partial charge in [-0.1, -0.05) is 0 Å². The van der Waals surface area contributed by atoms with Crippen LogP contribution in [0.5, 0.6) is 5.75 Å². The number of nitro benzene ring substituents is 1. The molecule has 0 aliphatic carbocycles. The summed E-state index contributed by atoms with van der Waals surface area (Å²) in [6.07, 6.45) is 0. The highest BCUT2D eigenvalue weighted by Crippen LogP contribution is 2.28. The molecule has 16 heavy (non-hydrogen) atoms. The van der Waals surface area contributed by atoms with Crippen molar-refractivity contribution < 1.29 is 14.4 Å². The molecule has 0 atom stereocenters. The van der Waals surface area contributed by atoms with Crippen LogP contribution >= 0.6 is 0 Å². The van der Waals surface area contributed by atoms with Gasteiger partial charge in [0.05, 0.1) is 30.4 Å². The molecule has 0 aliphatic heterocycles. The van der Waals surface area contributed by atoms with E-state index in [0.717, 1.165) is 0 Å². The quantitative estimate of drug-likeness (QED) is 0.453. The van der Waals surface area contributed by atoms with Crippen LogP contribution in [-0.2, 0) is 4.74 Å². The number of ether oxygens (including phenoxy) is 2. The molecule has 0 saturated carbocycles. The Morgan fingerprint density at radius 2 is 2.19 bits per heavy atom. The number of nitrogens with one attached hydrogen (secondary N) is 1. The molecule has 0 heterocycles. The van der Waals surface area contributed by atoms with Crippen LogP contribution in [-0.4, -0.2) is 32.3 Å². The molecule has 0 unspecified atom stereocenters. The van der Waals surface area contributed by atoms with E-state index >= 15 is 0 Å². The van der Waals surface area contributed by atoms with Gasteiger partial charge in [-0.05, 0) is 6.07 Å². The van der Waals surface area contributed by atoms with Gasteiger partial charge in [0.1, 0.15) is 5.75 Å². The van der Waals surface area contributed by atoms with Crippen LogP contribution in [0.2, 0.25) is 0 Å². The summed E-state index contributed by atoms with van der Waals surface area (Å²) < 4.78 is 9.95. The maximum Gasteiger partial charge on any atom is 0.273 e.